The summed E-state index contributed by atoms with van der Waals surface area (Å²) in [4.78, 5) is 6.24. The first-order valence-electron chi connectivity index (χ1n) is 8.76. The molecule has 0 bridgehead atoms. The average molecular weight is 370 g/mol. The summed E-state index contributed by atoms with van der Waals surface area (Å²) in [5.41, 5.74) is 2.41. The van der Waals surface area contributed by atoms with Crippen molar-refractivity contribution in [3.05, 3.63) is 73.1 Å². The summed E-state index contributed by atoms with van der Waals surface area (Å²) in [5, 5.41) is 17.8. The first-order valence-corrected chi connectivity index (χ1v) is 8.76. The first kappa shape index (κ1) is 20.7. The van der Waals surface area contributed by atoms with Crippen molar-refractivity contribution in [1.29, 1.82) is 0 Å². The highest BCUT2D eigenvalue weighted by molar-refractivity contribution is 5.79. The average Bonchev–Trinajstić information content (AvgIpc) is 3.51. The van der Waals surface area contributed by atoms with Crippen LogP contribution in [0.25, 0.3) is 21.8 Å². The van der Waals surface area contributed by atoms with Crippen LogP contribution in [0.5, 0.6) is 0 Å². The second-order valence-corrected chi connectivity index (χ2v) is 5.51. The smallest absolute Gasteiger partial charge is 0.146 e. The van der Waals surface area contributed by atoms with Gasteiger partial charge in [-0.05, 0) is 35.0 Å². The van der Waals surface area contributed by atoms with Crippen LogP contribution in [0.4, 0.5) is 0 Å². The van der Waals surface area contributed by atoms with Gasteiger partial charge in [0.2, 0.25) is 0 Å². The zero-order valence-corrected chi connectivity index (χ0v) is 15.2. The van der Waals surface area contributed by atoms with Crippen LogP contribution in [0, 0.1) is 0 Å². The molecular weight excluding hydrogens is 344 g/mol. The molecule has 0 amide bonds. The first-order chi connectivity index (χ1) is 13.3. The van der Waals surface area contributed by atoms with Crippen molar-refractivity contribution in [2.75, 3.05) is 33.2 Å². The van der Waals surface area contributed by atoms with E-state index in [-0.39, 0.29) is 13.2 Å². The van der Waals surface area contributed by atoms with Crippen LogP contribution in [0.15, 0.2) is 73.1 Å². The minimum Gasteiger partial charge on any atom is -0.394 e. The van der Waals surface area contributed by atoms with Gasteiger partial charge < -0.3 is 29.7 Å². The maximum atomic E-state index is 7.62. The van der Waals surface area contributed by atoms with Crippen molar-refractivity contribution in [1.82, 2.24) is 9.97 Å². The minimum atomic E-state index is -0.125. The lowest BCUT2D eigenvalue weighted by atomic mass is 10.3. The summed E-state index contributed by atoms with van der Waals surface area (Å²) >= 11 is 0. The largest absolute Gasteiger partial charge is 0.394 e. The molecule has 1 fully saturated rings. The van der Waals surface area contributed by atoms with Crippen LogP contribution in [0.3, 0.4) is 0 Å². The normalized spacial score (nSPS) is 12.4. The van der Waals surface area contributed by atoms with E-state index in [9.17, 15) is 0 Å². The number of aliphatic hydroxyl groups excluding tert-OH is 2. The Bertz CT molecular complexity index is 732. The van der Waals surface area contributed by atoms with Gasteiger partial charge in [-0.2, -0.15) is 0 Å². The van der Waals surface area contributed by atoms with Crippen molar-refractivity contribution in [3.8, 4) is 0 Å². The number of H-pyrrole nitrogens is 2. The van der Waals surface area contributed by atoms with E-state index < -0.39 is 0 Å². The van der Waals surface area contributed by atoms with Gasteiger partial charge in [0.15, 0.2) is 0 Å². The zero-order valence-electron chi connectivity index (χ0n) is 15.2. The van der Waals surface area contributed by atoms with E-state index >= 15 is 0 Å². The molecule has 6 nitrogen and oxygen atoms in total. The summed E-state index contributed by atoms with van der Waals surface area (Å²) in [6.45, 7) is 1.81. The van der Waals surface area contributed by atoms with Crippen LogP contribution in [-0.4, -0.2) is 53.4 Å². The van der Waals surface area contributed by atoms with Gasteiger partial charge in [-0.1, -0.05) is 36.4 Å². The molecule has 2 aromatic heterocycles. The highest BCUT2D eigenvalue weighted by Crippen LogP contribution is 2.09. The zero-order chi connectivity index (χ0) is 19.2. The molecule has 6 heteroatoms. The second-order valence-electron chi connectivity index (χ2n) is 5.51. The van der Waals surface area contributed by atoms with Crippen LogP contribution in [0.2, 0.25) is 0 Å². The molecule has 3 heterocycles. The molecule has 27 heavy (non-hydrogen) atoms. The highest BCUT2D eigenvalue weighted by Gasteiger charge is 1.94. The number of nitrogens with one attached hydrogen (secondary N) is 2. The predicted octanol–water partition coefficient (Wildman–Crippen LogP) is 3.30. The predicted molar refractivity (Wildman–Crippen MR) is 108 cm³/mol. The number of rotatable bonds is 1. The Balaban J connectivity index is 0.000000137. The third kappa shape index (κ3) is 7.64. The number of aromatic amines is 2. The molecule has 0 unspecified atom stereocenters. The SMILES string of the molecule is C1COCO1.OCCO.c1ccc2[nH]ccc2c1.c1ccc2[nH]ccc2c1. The Hall–Kier alpha value is -2.64. The fraction of sp³-hybridized carbons (Fsp3) is 0.238. The van der Waals surface area contributed by atoms with Gasteiger partial charge in [0.05, 0.1) is 26.4 Å². The Morgan fingerprint density at radius 1 is 0.667 bits per heavy atom. The molecule has 2 aromatic carbocycles. The van der Waals surface area contributed by atoms with Crippen molar-refractivity contribution in [2.24, 2.45) is 0 Å². The summed E-state index contributed by atoms with van der Waals surface area (Å²) in [7, 11) is 0. The number of fused-ring (bicyclic) bond motifs is 2. The number of hydrogen-bond acceptors (Lipinski definition) is 4. The fourth-order valence-electron chi connectivity index (χ4n) is 2.28. The van der Waals surface area contributed by atoms with Crippen LogP contribution >= 0.6 is 0 Å². The molecular formula is C21H26N2O4. The molecule has 0 saturated carbocycles. The van der Waals surface area contributed by atoms with Gasteiger partial charge in [-0.25, -0.2) is 0 Å². The van der Waals surface area contributed by atoms with Crippen molar-refractivity contribution in [3.63, 3.8) is 0 Å². The van der Waals surface area contributed by atoms with E-state index in [1.54, 1.807) is 0 Å². The molecule has 0 atom stereocenters. The Labute approximate surface area is 158 Å². The van der Waals surface area contributed by atoms with Crippen LogP contribution in [0.1, 0.15) is 0 Å². The fourth-order valence-corrected chi connectivity index (χ4v) is 2.28. The molecule has 4 N–H and O–H groups in total. The van der Waals surface area contributed by atoms with Gasteiger partial charge in [0.25, 0.3) is 0 Å². The van der Waals surface area contributed by atoms with Gasteiger partial charge in [0.1, 0.15) is 6.79 Å². The van der Waals surface area contributed by atoms with Crippen molar-refractivity contribution >= 4 is 21.8 Å². The molecule has 0 spiro atoms. The van der Waals surface area contributed by atoms with E-state index in [2.05, 4.69) is 46.4 Å². The number of aliphatic hydroxyl groups is 2. The lowest BCUT2D eigenvalue weighted by molar-refractivity contribution is 0.0692. The van der Waals surface area contributed by atoms with Gasteiger partial charge in [-0.15, -0.1) is 0 Å². The number of ether oxygens (including phenoxy) is 2. The number of para-hydroxylation sites is 2. The molecule has 0 aliphatic carbocycles. The van der Waals surface area contributed by atoms with E-state index in [1.807, 2.05) is 36.7 Å². The van der Waals surface area contributed by atoms with Crippen molar-refractivity contribution in [2.45, 2.75) is 0 Å². The Kier molecular flexibility index (Phi) is 9.70. The number of benzene rings is 2. The topological polar surface area (TPSA) is 90.5 Å². The summed E-state index contributed by atoms with van der Waals surface area (Å²) in [5.74, 6) is 0. The Morgan fingerprint density at radius 3 is 1.44 bits per heavy atom. The van der Waals surface area contributed by atoms with Gasteiger partial charge in [0, 0.05) is 23.4 Å². The van der Waals surface area contributed by atoms with Crippen LogP contribution < -0.4 is 0 Å². The van der Waals surface area contributed by atoms with E-state index in [0.29, 0.717) is 6.79 Å². The molecule has 1 aliphatic heterocycles. The van der Waals surface area contributed by atoms with E-state index in [4.69, 9.17) is 19.7 Å². The molecule has 0 radical (unpaired) electrons. The molecule has 1 saturated heterocycles. The standard InChI is InChI=1S/2C8H7N.C3H6O2.C2H6O2/c2*1-2-4-8-7(3-1)5-6-9-8;1-2-5-3-4-1;3-1-2-4/h2*1-6,9H;1-3H2;3-4H,1-2H2. The van der Waals surface area contributed by atoms with E-state index in [1.165, 1.54) is 21.8 Å². The number of aromatic nitrogens is 2. The number of hydrogen-bond donors (Lipinski definition) is 4. The summed E-state index contributed by atoms with van der Waals surface area (Å²) in [6, 6.07) is 20.6. The van der Waals surface area contributed by atoms with E-state index in [0.717, 1.165) is 13.2 Å². The molecule has 1 aliphatic rings. The minimum absolute atomic E-state index is 0.125. The molecule has 4 aromatic rings. The monoisotopic (exact) mass is 370 g/mol. The van der Waals surface area contributed by atoms with Gasteiger partial charge in [-0.3, -0.25) is 0 Å². The Morgan fingerprint density at radius 2 is 1.11 bits per heavy atom. The van der Waals surface area contributed by atoms with Crippen LogP contribution in [-0.2, 0) is 9.47 Å². The third-order valence-corrected chi connectivity index (χ3v) is 3.56. The maximum absolute atomic E-state index is 7.62. The third-order valence-electron chi connectivity index (χ3n) is 3.56. The molecule has 5 rings (SSSR count). The highest BCUT2D eigenvalue weighted by atomic mass is 16.7. The van der Waals surface area contributed by atoms with Gasteiger partial charge >= 0.3 is 0 Å². The lowest BCUT2D eigenvalue weighted by Gasteiger charge is -1.83. The summed E-state index contributed by atoms with van der Waals surface area (Å²) in [6.07, 6.45) is 3.90. The quantitative estimate of drug-likeness (QED) is 0.414. The maximum Gasteiger partial charge on any atom is 0.146 e. The second kappa shape index (κ2) is 12.7. The summed E-state index contributed by atoms with van der Waals surface area (Å²) < 4.78 is 9.44. The van der Waals surface area contributed by atoms with Crippen molar-refractivity contribution < 1.29 is 19.7 Å². The lowest BCUT2D eigenvalue weighted by Crippen LogP contribution is -1.85. The molecule has 144 valence electrons.